The maximum absolute atomic E-state index is 5.68. The van der Waals surface area contributed by atoms with Crippen molar-refractivity contribution in [1.29, 1.82) is 0 Å². The molecule has 1 atom stereocenters. The molecule has 25 heavy (non-hydrogen) atoms. The largest absolute Gasteiger partial charge is 0.379 e. The van der Waals surface area contributed by atoms with E-state index in [1.54, 1.807) is 11.3 Å². The van der Waals surface area contributed by atoms with E-state index in [2.05, 4.69) is 27.5 Å². The zero-order chi connectivity index (χ0) is 17.3. The van der Waals surface area contributed by atoms with Gasteiger partial charge in [-0.2, -0.15) is 0 Å². The Morgan fingerprint density at radius 2 is 2.48 bits per heavy atom. The van der Waals surface area contributed by atoms with Crippen LogP contribution < -0.4 is 10.6 Å². The summed E-state index contributed by atoms with van der Waals surface area (Å²) in [5, 5.41) is 8.63. The first-order valence-electron chi connectivity index (χ1n) is 8.97. The Morgan fingerprint density at radius 1 is 1.52 bits per heavy atom. The third kappa shape index (κ3) is 5.69. The molecule has 1 unspecified atom stereocenters. The molecule has 1 aliphatic rings. The van der Waals surface area contributed by atoms with Crippen LogP contribution in [0.4, 0.5) is 0 Å². The maximum atomic E-state index is 5.68. The third-order valence-corrected chi connectivity index (χ3v) is 4.74. The zero-order valence-corrected chi connectivity index (χ0v) is 15.6. The number of nitrogens with zero attached hydrogens (tertiary/aromatic N) is 3. The number of hydrogen-bond donors (Lipinski definition) is 2. The van der Waals surface area contributed by atoms with E-state index in [9.17, 15) is 0 Å². The van der Waals surface area contributed by atoms with Crippen LogP contribution in [0.25, 0.3) is 4.96 Å². The summed E-state index contributed by atoms with van der Waals surface area (Å²) < 4.78 is 13.2. The Labute approximate surface area is 152 Å². The number of guanidine groups is 1. The Morgan fingerprint density at radius 3 is 3.28 bits per heavy atom. The summed E-state index contributed by atoms with van der Waals surface area (Å²) >= 11 is 1.63. The van der Waals surface area contributed by atoms with Gasteiger partial charge in [0.05, 0.1) is 24.9 Å². The van der Waals surface area contributed by atoms with Crippen LogP contribution in [0.1, 0.15) is 31.9 Å². The molecule has 3 heterocycles. The molecule has 138 valence electrons. The van der Waals surface area contributed by atoms with Crippen LogP contribution >= 0.6 is 11.3 Å². The quantitative estimate of drug-likeness (QED) is 0.404. The van der Waals surface area contributed by atoms with Crippen molar-refractivity contribution in [3.8, 4) is 0 Å². The summed E-state index contributed by atoms with van der Waals surface area (Å²) in [7, 11) is 0. The highest BCUT2D eigenvalue weighted by molar-refractivity contribution is 7.15. The Balaban J connectivity index is 1.35. The molecule has 0 spiro atoms. The van der Waals surface area contributed by atoms with Gasteiger partial charge in [-0.25, -0.2) is 9.98 Å². The van der Waals surface area contributed by atoms with E-state index in [0.717, 1.165) is 62.2 Å². The summed E-state index contributed by atoms with van der Waals surface area (Å²) in [6.07, 6.45) is 7.57. The fraction of sp³-hybridized carbons (Fsp3) is 0.647. The molecule has 3 rings (SSSR count). The summed E-state index contributed by atoms with van der Waals surface area (Å²) in [5.41, 5.74) is 0.976. The molecule has 1 saturated heterocycles. The molecule has 0 aliphatic carbocycles. The lowest BCUT2D eigenvalue weighted by Gasteiger charge is -2.12. The fourth-order valence-corrected chi connectivity index (χ4v) is 3.44. The first-order valence-corrected chi connectivity index (χ1v) is 9.85. The van der Waals surface area contributed by atoms with Gasteiger partial charge in [-0.3, -0.25) is 4.40 Å². The van der Waals surface area contributed by atoms with Gasteiger partial charge >= 0.3 is 0 Å². The van der Waals surface area contributed by atoms with E-state index in [-0.39, 0.29) is 0 Å². The average molecular weight is 366 g/mol. The number of aromatic nitrogens is 2. The summed E-state index contributed by atoms with van der Waals surface area (Å²) in [5.74, 6) is 0.818. The Hall–Kier alpha value is -1.64. The van der Waals surface area contributed by atoms with Crippen LogP contribution in [-0.4, -0.2) is 54.4 Å². The summed E-state index contributed by atoms with van der Waals surface area (Å²) in [6.45, 7) is 6.63. The van der Waals surface area contributed by atoms with Crippen molar-refractivity contribution in [2.75, 3.05) is 32.9 Å². The first kappa shape index (κ1) is 18.2. The molecular formula is C17H27N5O2S. The molecule has 0 aromatic carbocycles. The number of nitrogens with one attached hydrogen (secondary N) is 2. The maximum Gasteiger partial charge on any atom is 0.193 e. The number of hydrogen-bond acceptors (Lipinski definition) is 5. The standard InChI is InChI=1S/C17H27N5O2S/c1-2-18-16(19-6-4-8-23-13-15-5-3-9-24-15)20-11-14-12-22-7-10-25-17(22)21-14/h7,10,12,15H,2-6,8-9,11,13H2,1H3,(H2,18,19,20). The third-order valence-electron chi connectivity index (χ3n) is 3.97. The van der Waals surface area contributed by atoms with E-state index in [1.165, 1.54) is 0 Å². The van der Waals surface area contributed by atoms with Gasteiger partial charge in [0, 0.05) is 44.1 Å². The van der Waals surface area contributed by atoms with Crippen molar-refractivity contribution < 1.29 is 9.47 Å². The van der Waals surface area contributed by atoms with Crippen LogP contribution in [0.3, 0.4) is 0 Å². The van der Waals surface area contributed by atoms with E-state index in [4.69, 9.17) is 9.47 Å². The van der Waals surface area contributed by atoms with E-state index < -0.39 is 0 Å². The molecule has 2 aromatic rings. The summed E-state index contributed by atoms with van der Waals surface area (Å²) in [4.78, 5) is 10.2. The van der Waals surface area contributed by atoms with Crippen molar-refractivity contribution in [3.05, 3.63) is 23.5 Å². The predicted molar refractivity (Wildman–Crippen MR) is 100 cm³/mol. The van der Waals surface area contributed by atoms with Crippen LogP contribution in [0.15, 0.2) is 22.8 Å². The highest BCUT2D eigenvalue weighted by Gasteiger charge is 2.14. The topological polar surface area (TPSA) is 72.2 Å². The molecule has 7 nitrogen and oxygen atoms in total. The highest BCUT2D eigenvalue weighted by Crippen LogP contribution is 2.12. The summed E-state index contributed by atoms with van der Waals surface area (Å²) in [6, 6.07) is 0. The molecule has 2 N–H and O–H groups in total. The number of fused-ring (bicyclic) bond motifs is 1. The highest BCUT2D eigenvalue weighted by atomic mass is 32.1. The van der Waals surface area contributed by atoms with Gasteiger partial charge in [-0.15, -0.1) is 11.3 Å². The number of thiazole rings is 1. The SMILES string of the molecule is CCNC(=NCc1cn2ccsc2n1)NCCCOCC1CCCO1. The molecule has 8 heteroatoms. The van der Waals surface area contributed by atoms with Gasteiger partial charge < -0.3 is 20.1 Å². The molecule has 1 aliphatic heterocycles. The number of rotatable bonds is 9. The Bertz CT molecular complexity index is 634. The van der Waals surface area contributed by atoms with Crippen molar-refractivity contribution in [2.24, 2.45) is 4.99 Å². The molecular weight excluding hydrogens is 338 g/mol. The van der Waals surface area contributed by atoms with E-state index >= 15 is 0 Å². The fourth-order valence-electron chi connectivity index (χ4n) is 2.73. The predicted octanol–water partition coefficient (Wildman–Crippen LogP) is 2.04. The minimum Gasteiger partial charge on any atom is -0.379 e. The lowest BCUT2D eigenvalue weighted by Crippen LogP contribution is -2.38. The molecule has 0 amide bonds. The normalized spacial score (nSPS) is 18.1. The first-order chi connectivity index (χ1) is 12.3. The number of ether oxygens (including phenoxy) is 2. The van der Waals surface area contributed by atoms with Crippen LogP contribution in [-0.2, 0) is 16.0 Å². The second kappa shape index (κ2) is 9.74. The van der Waals surface area contributed by atoms with Crippen LogP contribution in [0, 0.1) is 0 Å². The van der Waals surface area contributed by atoms with Gasteiger partial charge in [0.15, 0.2) is 10.9 Å². The molecule has 1 fully saturated rings. The second-order valence-corrected chi connectivity index (χ2v) is 6.88. The minimum absolute atomic E-state index is 0.302. The lowest BCUT2D eigenvalue weighted by molar-refractivity contribution is 0.0168. The van der Waals surface area contributed by atoms with Gasteiger partial charge in [0.2, 0.25) is 0 Å². The van der Waals surface area contributed by atoms with Gasteiger partial charge in [0.1, 0.15) is 0 Å². The van der Waals surface area contributed by atoms with Gasteiger partial charge in [-0.1, -0.05) is 0 Å². The van der Waals surface area contributed by atoms with E-state index in [1.807, 2.05) is 22.2 Å². The van der Waals surface area contributed by atoms with Crippen molar-refractivity contribution in [1.82, 2.24) is 20.0 Å². The lowest BCUT2D eigenvalue weighted by atomic mass is 10.2. The smallest absolute Gasteiger partial charge is 0.193 e. The average Bonchev–Trinajstić information content (AvgIpc) is 3.32. The molecule has 0 bridgehead atoms. The molecule has 2 aromatic heterocycles. The molecule has 0 radical (unpaired) electrons. The van der Waals surface area contributed by atoms with E-state index in [0.29, 0.717) is 19.3 Å². The van der Waals surface area contributed by atoms with Gasteiger partial charge in [-0.05, 0) is 26.2 Å². The second-order valence-electron chi connectivity index (χ2n) is 6.01. The monoisotopic (exact) mass is 365 g/mol. The van der Waals surface area contributed by atoms with Crippen molar-refractivity contribution in [2.45, 2.75) is 38.8 Å². The zero-order valence-electron chi connectivity index (χ0n) is 14.7. The van der Waals surface area contributed by atoms with Crippen molar-refractivity contribution >= 4 is 22.3 Å². The van der Waals surface area contributed by atoms with Crippen LogP contribution in [0.2, 0.25) is 0 Å². The molecule has 0 saturated carbocycles. The number of imidazole rings is 1. The van der Waals surface area contributed by atoms with Gasteiger partial charge in [0.25, 0.3) is 0 Å². The van der Waals surface area contributed by atoms with Crippen LogP contribution in [0.5, 0.6) is 0 Å². The number of aliphatic imine (C=N–C) groups is 1. The van der Waals surface area contributed by atoms with Crippen molar-refractivity contribution in [3.63, 3.8) is 0 Å². The Kier molecular flexibility index (Phi) is 7.08. The minimum atomic E-state index is 0.302.